The Morgan fingerprint density at radius 3 is 2.46 bits per heavy atom. The molecule has 0 saturated carbocycles. The van der Waals surface area contributed by atoms with Gasteiger partial charge in [-0.2, -0.15) is 0 Å². The molecular formula is C32H34BrN5O2S. The van der Waals surface area contributed by atoms with Gasteiger partial charge in [0.1, 0.15) is 5.75 Å². The van der Waals surface area contributed by atoms with Crippen molar-refractivity contribution in [1.82, 2.24) is 14.9 Å². The second-order valence-electron chi connectivity index (χ2n) is 11.2. The van der Waals surface area contributed by atoms with Gasteiger partial charge in [0.2, 0.25) is 5.91 Å². The summed E-state index contributed by atoms with van der Waals surface area (Å²) < 4.78 is 9.02. The Balaban J connectivity index is 1.64. The van der Waals surface area contributed by atoms with Crippen molar-refractivity contribution in [3.05, 3.63) is 100 Å². The summed E-state index contributed by atoms with van der Waals surface area (Å²) in [7, 11) is 1.60. The first-order chi connectivity index (χ1) is 19.5. The number of halogens is 1. The van der Waals surface area contributed by atoms with Gasteiger partial charge in [0, 0.05) is 39.2 Å². The normalized spacial score (nSPS) is 17.0. The molecule has 0 bridgehead atoms. The number of pyridine rings is 1. The highest BCUT2D eigenvalue weighted by atomic mass is 79.9. The quantitative estimate of drug-likeness (QED) is 0.216. The Morgan fingerprint density at radius 2 is 1.80 bits per heavy atom. The number of ether oxygens (including phenoxy) is 1. The Bertz CT molecular complexity index is 1610. The van der Waals surface area contributed by atoms with E-state index in [-0.39, 0.29) is 18.0 Å². The van der Waals surface area contributed by atoms with Crippen molar-refractivity contribution in [2.75, 3.05) is 17.3 Å². The predicted octanol–water partition coefficient (Wildman–Crippen LogP) is 7.42. The molecule has 1 amide bonds. The van der Waals surface area contributed by atoms with Crippen LogP contribution in [0.2, 0.25) is 0 Å². The number of aryl methyl sites for hydroxylation is 1. The van der Waals surface area contributed by atoms with Crippen molar-refractivity contribution in [2.45, 2.75) is 46.7 Å². The van der Waals surface area contributed by atoms with Gasteiger partial charge in [-0.1, -0.05) is 39.0 Å². The summed E-state index contributed by atoms with van der Waals surface area (Å²) in [5, 5.41) is 7.13. The van der Waals surface area contributed by atoms with Gasteiger partial charge in [0.25, 0.3) is 0 Å². The maximum atomic E-state index is 12.7. The predicted molar refractivity (Wildman–Crippen MR) is 172 cm³/mol. The van der Waals surface area contributed by atoms with Crippen LogP contribution in [0, 0.1) is 19.3 Å². The zero-order valence-corrected chi connectivity index (χ0v) is 26.4. The van der Waals surface area contributed by atoms with E-state index in [1.807, 2.05) is 69.3 Å². The largest absolute Gasteiger partial charge is 0.494 e. The van der Waals surface area contributed by atoms with E-state index >= 15 is 0 Å². The second kappa shape index (κ2) is 11.3. The fraction of sp³-hybridized carbons (Fsp3) is 0.281. The molecule has 9 heteroatoms. The van der Waals surface area contributed by atoms with Crippen molar-refractivity contribution in [3.63, 3.8) is 0 Å². The molecule has 5 rings (SSSR count). The van der Waals surface area contributed by atoms with E-state index in [1.54, 1.807) is 13.3 Å². The fourth-order valence-corrected chi connectivity index (χ4v) is 6.09. The third-order valence-corrected chi connectivity index (χ3v) is 8.36. The number of anilines is 2. The van der Waals surface area contributed by atoms with Crippen LogP contribution in [0.5, 0.6) is 5.75 Å². The first kappa shape index (κ1) is 28.8. The van der Waals surface area contributed by atoms with Crippen molar-refractivity contribution in [1.29, 1.82) is 0 Å². The number of hydrogen-bond donors (Lipinski definition) is 2. The molecule has 2 N–H and O–H groups in total. The van der Waals surface area contributed by atoms with E-state index in [4.69, 9.17) is 21.9 Å². The lowest BCUT2D eigenvalue weighted by Crippen LogP contribution is -2.30. The molecule has 2 atom stereocenters. The number of aromatic nitrogens is 2. The Morgan fingerprint density at radius 1 is 1.07 bits per heavy atom. The summed E-state index contributed by atoms with van der Waals surface area (Å²) in [5.41, 5.74) is 6.24. The summed E-state index contributed by atoms with van der Waals surface area (Å²) in [6.45, 7) is 9.90. The lowest BCUT2D eigenvalue weighted by atomic mass is 9.95. The number of hydrogen-bond acceptors (Lipinski definition) is 4. The van der Waals surface area contributed by atoms with Crippen molar-refractivity contribution in [3.8, 4) is 11.4 Å². The molecule has 0 unspecified atom stereocenters. The molecule has 4 aromatic rings. The zero-order valence-electron chi connectivity index (χ0n) is 24.0. The Hall–Kier alpha value is -3.69. The van der Waals surface area contributed by atoms with Crippen LogP contribution in [0.4, 0.5) is 11.4 Å². The highest BCUT2D eigenvalue weighted by Gasteiger charge is 2.42. The highest BCUT2D eigenvalue weighted by Crippen LogP contribution is 2.45. The molecule has 1 fully saturated rings. The van der Waals surface area contributed by atoms with Crippen LogP contribution < -0.4 is 20.3 Å². The number of carbonyl (C=O) groups excluding carboxylic acids is 1. The van der Waals surface area contributed by atoms with Crippen LogP contribution in [0.15, 0.2) is 77.4 Å². The molecule has 2 aromatic heterocycles. The fourth-order valence-electron chi connectivity index (χ4n) is 5.28. The van der Waals surface area contributed by atoms with Crippen molar-refractivity contribution >= 4 is 50.5 Å². The van der Waals surface area contributed by atoms with Crippen LogP contribution in [0.25, 0.3) is 5.69 Å². The number of nitrogens with zero attached hydrogens (tertiary/aromatic N) is 3. The number of benzene rings is 2. The van der Waals surface area contributed by atoms with Gasteiger partial charge in [-0.3, -0.25) is 9.78 Å². The summed E-state index contributed by atoms with van der Waals surface area (Å²) in [4.78, 5) is 19.5. The lowest BCUT2D eigenvalue weighted by molar-refractivity contribution is -0.123. The van der Waals surface area contributed by atoms with E-state index in [2.05, 4.69) is 68.1 Å². The molecule has 1 aliphatic rings. The molecule has 41 heavy (non-hydrogen) atoms. The van der Waals surface area contributed by atoms with E-state index in [0.717, 1.165) is 38.5 Å². The summed E-state index contributed by atoms with van der Waals surface area (Å²) in [6, 6.07) is 21.8. The maximum absolute atomic E-state index is 12.7. The van der Waals surface area contributed by atoms with Crippen LogP contribution in [-0.2, 0) is 4.79 Å². The molecule has 0 aliphatic carbocycles. The lowest BCUT2D eigenvalue weighted by Gasteiger charge is -2.29. The van der Waals surface area contributed by atoms with Gasteiger partial charge in [0.15, 0.2) is 5.11 Å². The summed E-state index contributed by atoms with van der Waals surface area (Å²) >= 11 is 9.70. The monoisotopic (exact) mass is 631 g/mol. The number of carbonyl (C=O) groups is 1. The van der Waals surface area contributed by atoms with Crippen LogP contribution in [-0.4, -0.2) is 27.7 Å². The SMILES string of the molecule is COc1cc(N2C(=S)N[C@@H](c3ccccn3)[C@H]2c2cc(C)n(-c3ccccc3Br)c2C)ccc1NC(=O)C(C)(C)C. The molecular weight excluding hydrogens is 598 g/mol. The summed E-state index contributed by atoms with van der Waals surface area (Å²) in [6.07, 6.45) is 1.81. The average molecular weight is 633 g/mol. The Kier molecular flexibility index (Phi) is 7.94. The molecule has 3 heterocycles. The number of nitrogens with one attached hydrogen (secondary N) is 2. The minimum atomic E-state index is -0.540. The standard InChI is InChI=1S/C32H34BrN5O2S/c1-19-17-22(20(2)37(19)26-13-8-7-11-23(26)33)29-28(25-12-9-10-16-34-25)36-31(41)38(29)21-14-15-24(27(18-21)40-6)35-30(39)32(3,4)5/h7-18,28-29H,1-6H3,(H,35,39)(H,36,41)/t28-,29+/m0/s1. The molecule has 0 radical (unpaired) electrons. The van der Waals surface area contributed by atoms with E-state index in [0.29, 0.717) is 16.5 Å². The van der Waals surface area contributed by atoms with Crippen molar-refractivity contribution in [2.24, 2.45) is 5.41 Å². The molecule has 0 spiro atoms. The number of amides is 1. The number of thiocarbonyl (C=S) groups is 1. The van der Waals surface area contributed by atoms with Crippen LogP contribution >= 0.6 is 28.1 Å². The molecule has 7 nitrogen and oxygen atoms in total. The minimum Gasteiger partial charge on any atom is -0.494 e. The first-order valence-electron chi connectivity index (χ1n) is 13.4. The first-order valence-corrected chi connectivity index (χ1v) is 14.6. The van der Waals surface area contributed by atoms with E-state index < -0.39 is 5.41 Å². The Labute approximate surface area is 255 Å². The number of methoxy groups -OCH3 is 1. The molecule has 1 aliphatic heterocycles. The van der Waals surface area contributed by atoms with Crippen molar-refractivity contribution < 1.29 is 9.53 Å². The second-order valence-corrected chi connectivity index (χ2v) is 12.4. The van der Waals surface area contributed by atoms with Gasteiger partial charge < -0.3 is 24.8 Å². The molecule has 1 saturated heterocycles. The third kappa shape index (κ3) is 5.48. The third-order valence-electron chi connectivity index (χ3n) is 7.37. The maximum Gasteiger partial charge on any atom is 0.229 e. The van der Waals surface area contributed by atoms with Gasteiger partial charge in [0.05, 0.1) is 36.3 Å². The topological polar surface area (TPSA) is 71.4 Å². The van der Waals surface area contributed by atoms with Gasteiger partial charge in [-0.25, -0.2) is 0 Å². The molecule has 212 valence electrons. The zero-order chi connectivity index (χ0) is 29.5. The number of rotatable bonds is 6. The minimum absolute atomic E-state index is 0.0884. The number of para-hydroxylation sites is 1. The van der Waals surface area contributed by atoms with Gasteiger partial charge in [-0.15, -0.1) is 0 Å². The average Bonchev–Trinajstić information content (AvgIpc) is 3.44. The van der Waals surface area contributed by atoms with Gasteiger partial charge >= 0.3 is 0 Å². The van der Waals surface area contributed by atoms with E-state index in [1.165, 1.54) is 0 Å². The van der Waals surface area contributed by atoms with E-state index in [9.17, 15) is 4.79 Å². The van der Waals surface area contributed by atoms with Crippen LogP contribution in [0.3, 0.4) is 0 Å². The smallest absolute Gasteiger partial charge is 0.229 e. The highest BCUT2D eigenvalue weighted by molar-refractivity contribution is 9.10. The molecule has 2 aromatic carbocycles. The van der Waals surface area contributed by atoms with Gasteiger partial charge in [-0.05, 0) is 90.0 Å². The van der Waals surface area contributed by atoms with Crippen LogP contribution in [0.1, 0.15) is 55.5 Å². The summed E-state index contributed by atoms with van der Waals surface area (Å²) in [5.74, 6) is 0.469.